The molecule has 0 bridgehead atoms. The third-order valence-corrected chi connectivity index (χ3v) is 4.73. The Morgan fingerprint density at radius 3 is 2.38 bits per heavy atom. The Morgan fingerprint density at radius 2 is 1.67 bits per heavy atom. The molecular weight excluding hydrogens is 260 g/mol. The molecular formula is C18H26N2O. The summed E-state index contributed by atoms with van der Waals surface area (Å²) >= 11 is 0. The molecule has 3 heteroatoms. The lowest BCUT2D eigenvalue weighted by atomic mass is 10.0. The van der Waals surface area contributed by atoms with Gasteiger partial charge < -0.3 is 10.6 Å². The van der Waals surface area contributed by atoms with E-state index >= 15 is 0 Å². The summed E-state index contributed by atoms with van der Waals surface area (Å²) in [6.07, 6.45) is 8.65. The highest BCUT2D eigenvalue weighted by atomic mass is 16.2. The summed E-state index contributed by atoms with van der Waals surface area (Å²) in [6.45, 7) is 2.36. The topological polar surface area (TPSA) is 41.1 Å². The van der Waals surface area contributed by atoms with Gasteiger partial charge in [0.25, 0.3) is 0 Å². The van der Waals surface area contributed by atoms with Crippen LogP contribution in [-0.4, -0.2) is 11.9 Å². The third kappa shape index (κ3) is 4.23. The molecule has 0 heterocycles. The number of rotatable bonds is 4. The van der Waals surface area contributed by atoms with E-state index in [1.165, 1.54) is 37.8 Å². The van der Waals surface area contributed by atoms with Crippen LogP contribution in [0, 0.1) is 11.8 Å². The quantitative estimate of drug-likeness (QED) is 0.805. The largest absolute Gasteiger partial charge is 0.382 e. The van der Waals surface area contributed by atoms with Crippen LogP contribution in [0.3, 0.4) is 0 Å². The van der Waals surface area contributed by atoms with Crippen molar-refractivity contribution in [2.45, 2.75) is 57.9 Å². The molecule has 2 aliphatic carbocycles. The van der Waals surface area contributed by atoms with Crippen LogP contribution < -0.4 is 10.6 Å². The fourth-order valence-electron chi connectivity index (χ4n) is 3.11. The first kappa shape index (κ1) is 14.4. The minimum absolute atomic E-state index is 0.175. The highest BCUT2D eigenvalue weighted by Gasteiger charge is 2.29. The highest BCUT2D eigenvalue weighted by Crippen LogP contribution is 2.30. The molecule has 3 rings (SSSR count). The molecule has 1 aromatic carbocycles. The SMILES string of the molecule is CC1CCCC(Nc2ccc(NC(=O)C3CC3)cc2)CC1. The molecule has 2 fully saturated rings. The van der Waals surface area contributed by atoms with Crippen molar-refractivity contribution in [3.8, 4) is 0 Å². The monoisotopic (exact) mass is 286 g/mol. The van der Waals surface area contributed by atoms with E-state index in [9.17, 15) is 4.79 Å². The van der Waals surface area contributed by atoms with Crippen LogP contribution in [-0.2, 0) is 4.79 Å². The van der Waals surface area contributed by atoms with E-state index in [1.54, 1.807) is 0 Å². The zero-order chi connectivity index (χ0) is 14.7. The van der Waals surface area contributed by atoms with Crippen molar-refractivity contribution in [2.24, 2.45) is 11.8 Å². The number of hydrogen-bond donors (Lipinski definition) is 2. The zero-order valence-electron chi connectivity index (χ0n) is 12.9. The Balaban J connectivity index is 1.52. The molecule has 0 aromatic heterocycles. The van der Waals surface area contributed by atoms with E-state index in [4.69, 9.17) is 0 Å². The molecule has 1 amide bonds. The Morgan fingerprint density at radius 1 is 0.952 bits per heavy atom. The molecule has 21 heavy (non-hydrogen) atoms. The molecule has 0 aliphatic heterocycles. The average Bonchev–Trinajstić information content (AvgIpc) is 3.30. The number of benzene rings is 1. The molecule has 1 aromatic rings. The van der Waals surface area contributed by atoms with Crippen molar-refractivity contribution < 1.29 is 4.79 Å². The first-order chi connectivity index (χ1) is 10.2. The Labute approximate surface area is 127 Å². The number of amides is 1. The highest BCUT2D eigenvalue weighted by molar-refractivity contribution is 5.94. The van der Waals surface area contributed by atoms with Gasteiger partial charge in [-0.25, -0.2) is 0 Å². The van der Waals surface area contributed by atoms with E-state index in [-0.39, 0.29) is 11.8 Å². The second-order valence-corrected chi connectivity index (χ2v) is 6.80. The van der Waals surface area contributed by atoms with E-state index in [2.05, 4.69) is 29.7 Å². The minimum atomic E-state index is 0.175. The van der Waals surface area contributed by atoms with Gasteiger partial charge in [0.15, 0.2) is 0 Å². The van der Waals surface area contributed by atoms with Crippen LogP contribution in [0.1, 0.15) is 51.9 Å². The van der Waals surface area contributed by atoms with Crippen LogP contribution >= 0.6 is 0 Å². The van der Waals surface area contributed by atoms with Crippen molar-refractivity contribution in [3.63, 3.8) is 0 Å². The Hall–Kier alpha value is -1.51. The van der Waals surface area contributed by atoms with Crippen LogP contribution in [0.25, 0.3) is 0 Å². The first-order valence-electron chi connectivity index (χ1n) is 8.38. The zero-order valence-corrected chi connectivity index (χ0v) is 12.9. The van der Waals surface area contributed by atoms with Crippen LogP contribution in [0.4, 0.5) is 11.4 Å². The molecule has 2 unspecified atom stereocenters. The maximum Gasteiger partial charge on any atom is 0.227 e. The minimum Gasteiger partial charge on any atom is -0.382 e. The molecule has 2 aliphatic rings. The lowest BCUT2D eigenvalue weighted by Crippen LogP contribution is -2.18. The van der Waals surface area contributed by atoms with Crippen molar-refractivity contribution in [2.75, 3.05) is 10.6 Å². The van der Waals surface area contributed by atoms with Gasteiger partial charge in [0, 0.05) is 23.3 Å². The van der Waals surface area contributed by atoms with E-state index in [0.717, 1.165) is 24.4 Å². The lowest BCUT2D eigenvalue weighted by molar-refractivity contribution is -0.117. The summed E-state index contributed by atoms with van der Waals surface area (Å²) in [5.41, 5.74) is 2.07. The van der Waals surface area contributed by atoms with E-state index < -0.39 is 0 Å². The molecule has 0 spiro atoms. The average molecular weight is 286 g/mol. The van der Waals surface area contributed by atoms with Crippen LogP contribution in [0.2, 0.25) is 0 Å². The molecule has 2 saturated carbocycles. The van der Waals surface area contributed by atoms with Gasteiger partial charge in [0.1, 0.15) is 0 Å². The Kier molecular flexibility index (Phi) is 4.47. The van der Waals surface area contributed by atoms with Gasteiger partial charge in [-0.3, -0.25) is 4.79 Å². The van der Waals surface area contributed by atoms with Crippen molar-refractivity contribution in [1.29, 1.82) is 0 Å². The number of anilines is 2. The van der Waals surface area contributed by atoms with Crippen LogP contribution in [0.5, 0.6) is 0 Å². The van der Waals surface area contributed by atoms with Gasteiger partial charge >= 0.3 is 0 Å². The molecule has 2 atom stereocenters. The summed E-state index contributed by atoms with van der Waals surface area (Å²) in [6, 6.07) is 8.76. The predicted octanol–water partition coefficient (Wildman–Crippen LogP) is 4.42. The number of hydrogen-bond acceptors (Lipinski definition) is 2. The van der Waals surface area contributed by atoms with Crippen molar-refractivity contribution in [1.82, 2.24) is 0 Å². The first-order valence-corrected chi connectivity index (χ1v) is 8.38. The molecule has 0 radical (unpaired) electrons. The smallest absolute Gasteiger partial charge is 0.227 e. The van der Waals surface area contributed by atoms with Gasteiger partial charge in [-0.2, -0.15) is 0 Å². The van der Waals surface area contributed by atoms with Gasteiger partial charge in [-0.05, 0) is 62.3 Å². The number of carbonyl (C=O) groups is 1. The standard InChI is InChI=1S/C18H26N2O/c1-13-3-2-4-15(8-5-13)19-16-9-11-17(12-10-16)20-18(21)14-6-7-14/h9-15,19H,2-8H2,1H3,(H,20,21). The maximum absolute atomic E-state index is 11.7. The van der Waals surface area contributed by atoms with Gasteiger partial charge in [0.05, 0.1) is 0 Å². The second kappa shape index (κ2) is 6.50. The summed E-state index contributed by atoms with van der Waals surface area (Å²) < 4.78 is 0. The normalized spacial score (nSPS) is 26.0. The Bertz CT molecular complexity index is 478. The number of nitrogens with one attached hydrogen (secondary N) is 2. The molecule has 0 saturated heterocycles. The maximum atomic E-state index is 11.7. The second-order valence-electron chi connectivity index (χ2n) is 6.80. The lowest BCUT2D eigenvalue weighted by Gasteiger charge is -2.18. The van der Waals surface area contributed by atoms with Crippen molar-refractivity contribution in [3.05, 3.63) is 24.3 Å². The fraction of sp³-hybridized carbons (Fsp3) is 0.611. The summed E-state index contributed by atoms with van der Waals surface area (Å²) in [5.74, 6) is 1.31. The van der Waals surface area contributed by atoms with E-state index in [0.29, 0.717) is 6.04 Å². The van der Waals surface area contributed by atoms with E-state index in [1.807, 2.05) is 12.1 Å². The molecule has 2 N–H and O–H groups in total. The third-order valence-electron chi connectivity index (χ3n) is 4.73. The summed E-state index contributed by atoms with van der Waals surface area (Å²) in [4.78, 5) is 11.7. The molecule has 114 valence electrons. The van der Waals surface area contributed by atoms with Crippen molar-refractivity contribution >= 4 is 17.3 Å². The summed E-state index contributed by atoms with van der Waals surface area (Å²) in [5, 5.41) is 6.63. The molecule has 3 nitrogen and oxygen atoms in total. The van der Waals surface area contributed by atoms with Gasteiger partial charge in [-0.1, -0.05) is 19.8 Å². The van der Waals surface area contributed by atoms with Gasteiger partial charge in [0.2, 0.25) is 5.91 Å². The summed E-state index contributed by atoms with van der Waals surface area (Å²) in [7, 11) is 0. The predicted molar refractivity (Wildman–Crippen MR) is 87.5 cm³/mol. The number of carbonyl (C=O) groups excluding carboxylic acids is 1. The van der Waals surface area contributed by atoms with Crippen LogP contribution in [0.15, 0.2) is 24.3 Å². The fourth-order valence-corrected chi connectivity index (χ4v) is 3.11. The van der Waals surface area contributed by atoms with Gasteiger partial charge in [-0.15, -0.1) is 0 Å².